The molecule has 0 saturated carbocycles. The topological polar surface area (TPSA) is 54.0 Å². The molecule has 108 valence electrons. The maximum atomic E-state index is 12.2. The van der Waals surface area contributed by atoms with E-state index in [4.69, 9.17) is 18.5 Å². The Morgan fingerprint density at radius 3 is 2.00 bits per heavy atom. The van der Waals surface area contributed by atoms with Crippen LogP contribution in [0.4, 0.5) is 0 Å². The van der Waals surface area contributed by atoms with Gasteiger partial charge >= 0.3 is 7.60 Å². The third-order valence-corrected chi connectivity index (χ3v) is 4.50. The predicted molar refractivity (Wildman–Crippen MR) is 74.1 cm³/mol. The van der Waals surface area contributed by atoms with E-state index in [0.717, 1.165) is 5.56 Å². The zero-order valence-electron chi connectivity index (χ0n) is 11.8. The summed E-state index contributed by atoms with van der Waals surface area (Å²) in [6, 6.07) is 5.40. The van der Waals surface area contributed by atoms with E-state index in [1.165, 1.54) is 0 Å². The first kappa shape index (κ1) is 16.0. The molecule has 0 fully saturated rings. The summed E-state index contributed by atoms with van der Waals surface area (Å²) in [6.07, 6.45) is 0.349. The molecule has 0 radical (unpaired) electrons. The zero-order valence-corrected chi connectivity index (χ0v) is 12.7. The number of hydrogen-bond donors (Lipinski definition) is 0. The van der Waals surface area contributed by atoms with Crippen LogP contribution in [0.25, 0.3) is 0 Å². The normalized spacial score (nSPS) is 13.9. The first-order chi connectivity index (χ1) is 9.06. The van der Waals surface area contributed by atoms with E-state index in [2.05, 4.69) is 0 Å². The molecular formula is C13H21O5P. The van der Waals surface area contributed by atoms with Crippen LogP contribution in [0.2, 0.25) is 0 Å². The van der Waals surface area contributed by atoms with Gasteiger partial charge in [0.05, 0.1) is 27.4 Å². The van der Waals surface area contributed by atoms with Gasteiger partial charge < -0.3 is 18.5 Å². The van der Waals surface area contributed by atoms with Gasteiger partial charge in [-0.05, 0) is 24.6 Å². The third kappa shape index (κ3) is 4.86. The number of methoxy groups -OCH3 is 2. The van der Waals surface area contributed by atoms with E-state index < -0.39 is 7.60 Å². The molecule has 0 amide bonds. The fourth-order valence-electron chi connectivity index (χ4n) is 1.54. The molecule has 0 heterocycles. The fraction of sp³-hybridized carbons (Fsp3) is 0.538. The first-order valence-electron chi connectivity index (χ1n) is 6.17. The molecule has 0 aliphatic carbocycles. The van der Waals surface area contributed by atoms with Crippen LogP contribution in [-0.4, -0.2) is 27.0 Å². The van der Waals surface area contributed by atoms with Gasteiger partial charge in [-0.15, -0.1) is 0 Å². The summed E-state index contributed by atoms with van der Waals surface area (Å²) in [7, 11) is 0.165. The van der Waals surface area contributed by atoms with Crippen molar-refractivity contribution in [3.05, 3.63) is 23.8 Å². The smallest absolute Gasteiger partial charge is 0.330 e. The van der Waals surface area contributed by atoms with Crippen LogP contribution in [0.1, 0.15) is 19.4 Å². The fourth-order valence-corrected chi connectivity index (χ4v) is 2.72. The zero-order chi connectivity index (χ0) is 14.3. The van der Waals surface area contributed by atoms with Crippen molar-refractivity contribution in [1.29, 1.82) is 0 Å². The summed E-state index contributed by atoms with van der Waals surface area (Å²) in [5, 5.41) is 0. The van der Waals surface area contributed by atoms with Crippen molar-refractivity contribution in [2.24, 2.45) is 0 Å². The molecule has 19 heavy (non-hydrogen) atoms. The predicted octanol–water partition coefficient (Wildman–Crippen LogP) is 3.47. The van der Waals surface area contributed by atoms with Gasteiger partial charge in [0.2, 0.25) is 0 Å². The Morgan fingerprint density at radius 2 is 1.58 bits per heavy atom. The van der Waals surface area contributed by atoms with Crippen LogP contribution < -0.4 is 9.47 Å². The highest BCUT2D eigenvalue weighted by atomic mass is 31.2. The lowest BCUT2D eigenvalue weighted by Crippen LogP contribution is -1.99. The van der Waals surface area contributed by atoms with Crippen molar-refractivity contribution >= 4 is 7.60 Å². The first-order valence-corrected chi connectivity index (χ1v) is 7.89. The van der Waals surface area contributed by atoms with Crippen LogP contribution in [0, 0.1) is 0 Å². The third-order valence-electron chi connectivity index (χ3n) is 2.55. The maximum Gasteiger partial charge on any atom is 0.330 e. The minimum atomic E-state index is -2.99. The summed E-state index contributed by atoms with van der Waals surface area (Å²) in [5.74, 6) is 1.33. The lowest BCUT2D eigenvalue weighted by atomic mass is 10.2. The summed E-state index contributed by atoms with van der Waals surface area (Å²) in [4.78, 5) is 0. The number of benzene rings is 1. The van der Waals surface area contributed by atoms with Gasteiger partial charge in [0.1, 0.15) is 11.5 Å². The molecular weight excluding hydrogens is 267 g/mol. The van der Waals surface area contributed by atoms with Gasteiger partial charge in [-0.1, -0.05) is 6.92 Å². The molecule has 0 aliphatic heterocycles. The molecule has 0 N–H and O–H groups in total. The highest BCUT2D eigenvalue weighted by Crippen LogP contribution is 2.48. The maximum absolute atomic E-state index is 12.2. The molecule has 0 aliphatic rings. The summed E-state index contributed by atoms with van der Waals surface area (Å²) < 4.78 is 33.1. The minimum absolute atomic E-state index is 0.193. The van der Waals surface area contributed by atoms with Crippen molar-refractivity contribution in [1.82, 2.24) is 0 Å². The Hall–Kier alpha value is -1.03. The largest absolute Gasteiger partial charge is 0.497 e. The standard InChI is InChI=1S/C13H21O5P/c1-5-17-19(14,6-2)18-10-11-7-12(15-3)9-13(8-11)16-4/h7-9H,5-6,10H2,1-4H3. The van der Waals surface area contributed by atoms with Gasteiger partial charge in [0.15, 0.2) is 0 Å². The van der Waals surface area contributed by atoms with Crippen molar-refractivity contribution in [3.63, 3.8) is 0 Å². The van der Waals surface area contributed by atoms with Crippen LogP contribution in [0.5, 0.6) is 11.5 Å². The molecule has 1 unspecified atom stereocenters. The number of hydrogen-bond acceptors (Lipinski definition) is 5. The molecule has 0 bridgehead atoms. The molecule has 1 aromatic carbocycles. The van der Waals surface area contributed by atoms with Crippen LogP contribution in [0.3, 0.4) is 0 Å². The van der Waals surface area contributed by atoms with E-state index in [9.17, 15) is 4.57 Å². The van der Waals surface area contributed by atoms with Crippen LogP contribution in [0.15, 0.2) is 18.2 Å². The Balaban J connectivity index is 2.79. The summed E-state index contributed by atoms with van der Waals surface area (Å²) in [6.45, 7) is 4.13. The Bertz CT molecular complexity index is 424. The second-order valence-electron chi connectivity index (χ2n) is 3.84. The average molecular weight is 288 g/mol. The Kier molecular flexibility index (Phi) is 6.35. The van der Waals surface area contributed by atoms with Crippen LogP contribution in [-0.2, 0) is 20.2 Å². The molecule has 1 rings (SSSR count). The number of rotatable bonds is 8. The van der Waals surface area contributed by atoms with E-state index in [1.54, 1.807) is 34.1 Å². The SMILES string of the molecule is CCOP(=O)(CC)OCc1cc(OC)cc(OC)c1. The van der Waals surface area contributed by atoms with Crippen molar-refractivity contribution in [2.45, 2.75) is 20.5 Å². The van der Waals surface area contributed by atoms with E-state index in [1.807, 2.05) is 12.1 Å². The highest BCUT2D eigenvalue weighted by Gasteiger charge is 2.21. The van der Waals surface area contributed by atoms with Crippen LogP contribution >= 0.6 is 7.60 Å². The molecule has 1 aromatic rings. The molecule has 0 spiro atoms. The van der Waals surface area contributed by atoms with E-state index >= 15 is 0 Å². The van der Waals surface area contributed by atoms with Gasteiger partial charge in [-0.2, -0.15) is 0 Å². The molecule has 0 aromatic heterocycles. The molecule has 6 heteroatoms. The minimum Gasteiger partial charge on any atom is -0.497 e. The van der Waals surface area contributed by atoms with Gasteiger partial charge in [-0.25, -0.2) is 0 Å². The van der Waals surface area contributed by atoms with Crippen molar-refractivity contribution in [3.8, 4) is 11.5 Å². The second kappa shape index (κ2) is 7.53. The van der Waals surface area contributed by atoms with Gasteiger partial charge in [0, 0.05) is 12.2 Å². The lowest BCUT2D eigenvalue weighted by molar-refractivity contribution is 0.205. The second-order valence-corrected chi connectivity index (χ2v) is 6.21. The monoisotopic (exact) mass is 288 g/mol. The van der Waals surface area contributed by atoms with Crippen molar-refractivity contribution < 1.29 is 23.1 Å². The van der Waals surface area contributed by atoms with E-state index in [0.29, 0.717) is 24.3 Å². The highest BCUT2D eigenvalue weighted by molar-refractivity contribution is 7.53. The van der Waals surface area contributed by atoms with E-state index in [-0.39, 0.29) is 6.61 Å². The van der Waals surface area contributed by atoms with Gasteiger partial charge in [0.25, 0.3) is 0 Å². The molecule has 5 nitrogen and oxygen atoms in total. The quantitative estimate of drug-likeness (QED) is 0.685. The Morgan fingerprint density at radius 1 is 1.00 bits per heavy atom. The summed E-state index contributed by atoms with van der Waals surface area (Å²) in [5.41, 5.74) is 0.824. The number of ether oxygens (including phenoxy) is 2. The summed E-state index contributed by atoms with van der Waals surface area (Å²) >= 11 is 0. The van der Waals surface area contributed by atoms with Crippen molar-refractivity contribution in [2.75, 3.05) is 27.0 Å². The lowest BCUT2D eigenvalue weighted by Gasteiger charge is -2.16. The average Bonchev–Trinajstić information content (AvgIpc) is 2.45. The molecule has 1 atom stereocenters. The Labute approximate surface area is 114 Å². The molecule has 0 saturated heterocycles. The van der Waals surface area contributed by atoms with Gasteiger partial charge in [-0.3, -0.25) is 4.57 Å².